The molecule has 0 aliphatic heterocycles. The van der Waals surface area contributed by atoms with Gasteiger partial charge in [0, 0.05) is 19.3 Å². The van der Waals surface area contributed by atoms with Gasteiger partial charge in [-0.05, 0) is 89.9 Å². The lowest BCUT2D eigenvalue weighted by Crippen LogP contribution is -2.30. The molecule has 0 aromatic rings. The molecule has 0 aliphatic rings. The molecule has 0 bridgehead atoms. The van der Waals surface area contributed by atoms with Crippen LogP contribution in [0.1, 0.15) is 239 Å². The van der Waals surface area contributed by atoms with Gasteiger partial charge in [0.1, 0.15) is 13.2 Å². The van der Waals surface area contributed by atoms with Crippen LogP contribution >= 0.6 is 0 Å². The molecule has 0 amide bonds. The van der Waals surface area contributed by atoms with Crippen LogP contribution in [0.4, 0.5) is 0 Å². The van der Waals surface area contributed by atoms with Crippen molar-refractivity contribution in [3.05, 3.63) is 72.9 Å². The predicted molar refractivity (Wildman–Crippen MR) is 261 cm³/mol. The van der Waals surface area contributed by atoms with E-state index >= 15 is 0 Å². The summed E-state index contributed by atoms with van der Waals surface area (Å²) in [7, 11) is 0. The molecular formula is C55H94O6. The van der Waals surface area contributed by atoms with Crippen LogP contribution in [0, 0.1) is 0 Å². The minimum Gasteiger partial charge on any atom is -0.462 e. The monoisotopic (exact) mass is 851 g/mol. The van der Waals surface area contributed by atoms with Gasteiger partial charge in [0.15, 0.2) is 6.10 Å². The highest BCUT2D eigenvalue weighted by atomic mass is 16.6. The number of ether oxygens (including phenoxy) is 3. The number of hydrogen-bond donors (Lipinski definition) is 0. The predicted octanol–water partition coefficient (Wildman–Crippen LogP) is 16.6. The van der Waals surface area contributed by atoms with Crippen LogP contribution < -0.4 is 0 Å². The Morgan fingerprint density at radius 2 is 0.639 bits per heavy atom. The molecule has 0 spiro atoms. The SMILES string of the molecule is CC/C=C\C/C=C\C/C=C\C/C=C\CCCCCCCCCCC(=O)OCC(COC(=O)CCCCCCC)OC(=O)CCCCCCCCC/C=C\C/C=C\CCCCC. The minimum absolute atomic E-state index is 0.0822. The summed E-state index contributed by atoms with van der Waals surface area (Å²) in [6, 6.07) is 0. The number of carbonyl (C=O) groups is 3. The Balaban J connectivity index is 4.19. The largest absolute Gasteiger partial charge is 0.462 e. The maximum Gasteiger partial charge on any atom is 0.306 e. The van der Waals surface area contributed by atoms with Crippen LogP contribution in [0.15, 0.2) is 72.9 Å². The summed E-state index contributed by atoms with van der Waals surface area (Å²) in [5.41, 5.74) is 0. The zero-order valence-electron chi connectivity index (χ0n) is 39.9. The molecule has 0 aliphatic carbocycles. The van der Waals surface area contributed by atoms with Crippen molar-refractivity contribution in [1.29, 1.82) is 0 Å². The second-order valence-electron chi connectivity index (χ2n) is 16.7. The summed E-state index contributed by atoms with van der Waals surface area (Å²) in [5, 5.41) is 0. The van der Waals surface area contributed by atoms with Crippen molar-refractivity contribution in [3.63, 3.8) is 0 Å². The first-order chi connectivity index (χ1) is 30.0. The van der Waals surface area contributed by atoms with Crippen molar-refractivity contribution >= 4 is 17.9 Å². The summed E-state index contributed by atoms with van der Waals surface area (Å²) in [5.74, 6) is -0.912. The Morgan fingerprint density at radius 3 is 1.03 bits per heavy atom. The number of hydrogen-bond acceptors (Lipinski definition) is 6. The molecule has 0 saturated heterocycles. The standard InChI is InChI=1S/C55H94O6/c1-4-7-10-13-15-17-19-21-23-25-26-27-28-30-31-33-35-37-39-42-45-48-54(57)60-51-52(50-59-53(56)47-44-41-12-9-6-3)61-55(58)49-46-43-40-38-36-34-32-29-24-22-20-18-16-14-11-8-5-2/h7,10,15-18,21-24,26-27,52H,4-6,8-9,11-14,19-20,25,28-51H2,1-3H3/b10-7-,17-15-,18-16-,23-21-,24-22-,27-26-. The lowest BCUT2D eigenvalue weighted by molar-refractivity contribution is -0.167. The number of allylic oxidation sites excluding steroid dienone is 12. The van der Waals surface area contributed by atoms with Crippen molar-refractivity contribution < 1.29 is 28.6 Å². The molecule has 0 radical (unpaired) electrons. The maximum atomic E-state index is 12.7. The molecule has 0 N–H and O–H groups in total. The first-order valence-electron chi connectivity index (χ1n) is 25.4. The average Bonchev–Trinajstić information content (AvgIpc) is 3.26. The summed E-state index contributed by atoms with van der Waals surface area (Å²) >= 11 is 0. The first-order valence-corrected chi connectivity index (χ1v) is 25.4. The highest BCUT2D eigenvalue weighted by Crippen LogP contribution is 2.14. The van der Waals surface area contributed by atoms with Gasteiger partial charge in [-0.25, -0.2) is 0 Å². The van der Waals surface area contributed by atoms with Crippen LogP contribution in [-0.2, 0) is 28.6 Å². The molecule has 6 heteroatoms. The number of unbranched alkanes of at least 4 members (excludes halogenated alkanes) is 22. The first kappa shape index (κ1) is 57.9. The van der Waals surface area contributed by atoms with E-state index in [4.69, 9.17) is 14.2 Å². The van der Waals surface area contributed by atoms with E-state index in [1.807, 2.05) is 0 Å². The molecule has 0 rings (SSSR count). The fourth-order valence-electron chi connectivity index (χ4n) is 6.87. The van der Waals surface area contributed by atoms with E-state index in [2.05, 4.69) is 93.7 Å². The topological polar surface area (TPSA) is 78.9 Å². The van der Waals surface area contributed by atoms with Gasteiger partial charge in [-0.15, -0.1) is 0 Å². The Kier molecular flexibility index (Phi) is 46.9. The molecule has 0 aromatic heterocycles. The van der Waals surface area contributed by atoms with Crippen LogP contribution in [0.5, 0.6) is 0 Å². The highest BCUT2D eigenvalue weighted by molar-refractivity contribution is 5.71. The molecule has 0 heterocycles. The van der Waals surface area contributed by atoms with Gasteiger partial charge < -0.3 is 14.2 Å². The van der Waals surface area contributed by atoms with Crippen LogP contribution in [0.3, 0.4) is 0 Å². The van der Waals surface area contributed by atoms with Crippen LogP contribution in [-0.4, -0.2) is 37.2 Å². The third-order valence-electron chi connectivity index (χ3n) is 10.7. The van der Waals surface area contributed by atoms with Gasteiger partial charge in [0.2, 0.25) is 0 Å². The van der Waals surface area contributed by atoms with Crippen molar-refractivity contribution in [1.82, 2.24) is 0 Å². The van der Waals surface area contributed by atoms with E-state index < -0.39 is 6.10 Å². The van der Waals surface area contributed by atoms with Crippen LogP contribution in [0.2, 0.25) is 0 Å². The molecule has 1 unspecified atom stereocenters. The molecule has 0 aromatic carbocycles. The van der Waals surface area contributed by atoms with E-state index in [0.29, 0.717) is 19.3 Å². The smallest absolute Gasteiger partial charge is 0.306 e. The summed E-state index contributed by atoms with van der Waals surface area (Å²) in [6.45, 7) is 6.40. The van der Waals surface area contributed by atoms with E-state index in [0.717, 1.165) is 109 Å². The quantitative estimate of drug-likeness (QED) is 0.0263. The fourth-order valence-corrected chi connectivity index (χ4v) is 6.87. The summed E-state index contributed by atoms with van der Waals surface area (Å²) in [6.07, 6.45) is 62.0. The maximum absolute atomic E-state index is 12.7. The third-order valence-corrected chi connectivity index (χ3v) is 10.7. The van der Waals surface area contributed by atoms with Gasteiger partial charge in [-0.3, -0.25) is 14.4 Å². The van der Waals surface area contributed by atoms with E-state index in [1.54, 1.807) is 0 Å². The zero-order valence-corrected chi connectivity index (χ0v) is 39.9. The third kappa shape index (κ3) is 47.7. The normalized spacial score (nSPS) is 12.6. The Bertz CT molecular complexity index is 1160. The molecule has 350 valence electrons. The molecule has 0 saturated carbocycles. The van der Waals surface area contributed by atoms with Crippen molar-refractivity contribution in [2.75, 3.05) is 13.2 Å². The highest BCUT2D eigenvalue weighted by Gasteiger charge is 2.19. The molecule has 1 atom stereocenters. The molecule has 6 nitrogen and oxygen atoms in total. The Morgan fingerprint density at radius 1 is 0.344 bits per heavy atom. The van der Waals surface area contributed by atoms with Gasteiger partial charge in [-0.1, -0.05) is 203 Å². The van der Waals surface area contributed by atoms with Gasteiger partial charge in [-0.2, -0.15) is 0 Å². The van der Waals surface area contributed by atoms with Crippen molar-refractivity contribution in [2.45, 2.75) is 245 Å². The molecular weight excluding hydrogens is 757 g/mol. The second-order valence-corrected chi connectivity index (χ2v) is 16.7. The minimum atomic E-state index is -0.778. The number of rotatable bonds is 45. The number of esters is 3. The molecule has 0 fully saturated rings. The lowest BCUT2D eigenvalue weighted by atomic mass is 10.1. The zero-order chi connectivity index (χ0) is 44.4. The van der Waals surface area contributed by atoms with Crippen LogP contribution in [0.25, 0.3) is 0 Å². The van der Waals surface area contributed by atoms with E-state index in [1.165, 1.54) is 89.9 Å². The molecule has 61 heavy (non-hydrogen) atoms. The Hall–Kier alpha value is -3.15. The second kappa shape index (κ2) is 49.5. The van der Waals surface area contributed by atoms with Gasteiger partial charge >= 0.3 is 17.9 Å². The van der Waals surface area contributed by atoms with E-state index in [9.17, 15) is 14.4 Å². The van der Waals surface area contributed by atoms with Gasteiger partial charge in [0.05, 0.1) is 0 Å². The Labute approximate surface area is 376 Å². The summed E-state index contributed by atoms with van der Waals surface area (Å²) < 4.78 is 16.7. The van der Waals surface area contributed by atoms with Crippen molar-refractivity contribution in [3.8, 4) is 0 Å². The summed E-state index contributed by atoms with van der Waals surface area (Å²) in [4.78, 5) is 37.7. The van der Waals surface area contributed by atoms with Crippen molar-refractivity contribution in [2.24, 2.45) is 0 Å². The lowest BCUT2D eigenvalue weighted by Gasteiger charge is -2.18. The fraction of sp³-hybridized carbons (Fsp3) is 0.727. The van der Waals surface area contributed by atoms with E-state index in [-0.39, 0.29) is 31.1 Å². The number of carbonyl (C=O) groups excluding carboxylic acids is 3. The average molecular weight is 851 g/mol. The van der Waals surface area contributed by atoms with Gasteiger partial charge in [0.25, 0.3) is 0 Å².